The van der Waals surface area contributed by atoms with Crippen molar-refractivity contribution in [2.24, 2.45) is 5.73 Å². The minimum absolute atomic E-state index is 0.276. The Morgan fingerprint density at radius 3 is 2.76 bits per heavy atom. The highest BCUT2D eigenvalue weighted by Crippen LogP contribution is 2.30. The van der Waals surface area contributed by atoms with Crippen LogP contribution in [0.15, 0.2) is 42.5 Å². The molecule has 0 bridgehead atoms. The monoisotopic (exact) mass is 334 g/mol. The first-order valence-corrected chi connectivity index (χ1v) is 8.68. The molecule has 1 unspecified atom stereocenters. The van der Waals surface area contributed by atoms with Gasteiger partial charge in [0.05, 0.1) is 16.6 Å². The van der Waals surface area contributed by atoms with Crippen molar-refractivity contribution in [3.63, 3.8) is 0 Å². The first kappa shape index (κ1) is 15.8. The Labute approximate surface area is 146 Å². The standard InChI is InChI=1S/C20H22N4O/c1-20(11-5-8-13-6-2-3-7-14(13)12-22-20)19-23-16-10-4-9-15(18(21)25)17(16)24-19/h2-4,6-7,9-10,22H,5,8,11-12H2,1H3,(H2,21,25)(H,23,24). The summed E-state index contributed by atoms with van der Waals surface area (Å²) in [5.74, 6) is 0.406. The molecule has 1 aromatic heterocycles. The summed E-state index contributed by atoms with van der Waals surface area (Å²) in [6.07, 6.45) is 3.10. The van der Waals surface area contributed by atoms with Crippen LogP contribution >= 0.6 is 0 Å². The highest BCUT2D eigenvalue weighted by molar-refractivity contribution is 6.04. The molecule has 4 N–H and O–H groups in total. The first-order valence-electron chi connectivity index (χ1n) is 8.68. The molecule has 5 nitrogen and oxygen atoms in total. The Morgan fingerprint density at radius 2 is 1.96 bits per heavy atom. The summed E-state index contributed by atoms with van der Waals surface area (Å²) < 4.78 is 0. The van der Waals surface area contributed by atoms with Crippen LogP contribution in [-0.4, -0.2) is 15.9 Å². The van der Waals surface area contributed by atoms with Crippen LogP contribution in [0, 0.1) is 0 Å². The van der Waals surface area contributed by atoms with Crippen molar-refractivity contribution in [2.75, 3.05) is 0 Å². The summed E-state index contributed by atoms with van der Waals surface area (Å²) in [7, 11) is 0. The third-order valence-corrected chi connectivity index (χ3v) is 5.21. The molecule has 0 saturated heterocycles. The van der Waals surface area contributed by atoms with Gasteiger partial charge in [0, 0.05) is 6.54 Å². The largest absolute Gasteiger partial charge is 0.366 e. The average molecular weight is 334 g/mol. The second-order valence-corrected chi connectivity index (χ2v) is 6.96. The number of aromatic nitrogens is 2. The molecule has 4 rings (SSSR count). The van der Waals surface area contributed by atoms with Crippen molar-refractivity contribution >= 4 is 16.9 Å². The molecular weight excluding hydrogens is 312 g/mol. The molecular formula is C20H22N4O. The number of aryl methyl sites for hydroxylation is 1. The van der Waals surface area contributed by atoms with Gasteiger partial charge in [0.2, 0.25) is 0 Å². The predicted molar refractivity (Wildman–Crippen MR) is 98.2 cm³/mol. The lowest BCUT2D eigenvalue weighted by molar-refractivity contribution is 0.100. The van der Waals surface area contributed by atoms with E-state index in [0.717, 1.165) is 37.1 Å². The van der Waals surface area contributed by atoms with E-state index in [2.05, 4.69) is 41.5 Å². The van der Waals surface area contributed by atoms with Crippen LogP contribution in [0.5, 0.6) is 0 Å². The number of carbonyl (C=O) groups excluding carboxylic acids is 1. The zero-order valence-electron chi connectivity index (χ0n) is 14.3. The van der Waals surface area contributed by atoms with Gasteiger partial charge in [-0.25, -0.2) is 4.98 Å². The van der Waals surface area contributed by atoms with Gasteiger partial charge >= 0.3 is 0 Å². The Bertz CT molecular complexity index is 946. The molecule has 0 saturated carbocycles. The maximum Gasteiger partial charge on any atom is 0.250 e. The molecule has 0 spiro atoms. The molecule has 5 heteroatoms. The minimum Gasteiger partial charge on any atom is -0.366 e. The summed E-state index contributed by atoms with van der Waals surface area (Å²) in [5, 5.41) is 3.67. The van der Waals surface area contributed by atoms with Gasteiger partial charge in [-0.05, 0) is 49.4 Å². The van der Waals surface area contributed by atoms with Gasteiger partial charge in [0.25, 0.3) is 5.91 Å². The van der Waals surface area contributed by atoms with Gasteiger partial charge in [-0.15, -0.1) is 0 Å². The van der Waals surface area contributed by atoms with Crippen LogP contribution in [0.2, 0.25) is 0 Å². The molecule has 25 heavy (non-hydrogen) atoms. The molecule has 0 aliphatic carbocycles. The van der Waals surface area contributed by atoms with Gasteiger partial charge < -0.3 is 16.0 Å². The van der Waals surface area contributed by atoms with Gasteiger partial charge in [0.15, 0.2) is 0 Å². The number of H-pyrrole nitrogens is 1. The summed E-state index contributed by atoms with van der Waals surface area (Å²) >= 11 is 0. The van der Waals surface area contributed by atoms with E-state index < -0.39 is 5.91 Å². The highest BCUT2D eigenvalue weighted by Gasteiger charge is 2.31. The van der Waals surface area contributed by atoms with Crippen LogP contribution < -0.4 is 11.1 Å². The third kappa shape index (κ3) is 2.81. The smallest absolute Gasteiger partial charge is 0.250 e. The molecule has 1 aliphatic rings. The Balaban J connectivity index is 1.72. The van der Waals surface area contributed by atoms with Gasteiger partial charge in [-0.1, -0.05) is 30.3 Å². The van der Waals surface area contributed by atoms with E-state index >= 15 is 0 Å². The number of fused-ring (bicyclic) bond motifs is 2. The topological polar surface area (TPSA) is 83.8 Å². The van der Waals surface area contributed by atoms with E-state index in [4.69, 9.17) is 10.7 Å². The van der Waals surface area contributed by atoms with Gasteiger partial charge in [-0.2, -0.15) is 0 Å². The van der Waals surface area contributed by atoms with Crippen LogP contribution in [-0.2, 0) is 18.5 Å². The second kappa shape index (κ2) is 6.01. The zero-order chi connectivity index (χ0) is 17.4. The number of carbonyl (C=O) groups is 1. The third-order valence-electron chi connectivity index (χ3n) is 5.21. The van der Waals surface area contributed by atoms with E-state index in [-0.39, 0.29) is 5.54 Å². The number of primary amides is 1. The fourth-order valence-electron chi connectivity index (χ4n) is 3.68. The lowest BCUT2D eigenvalue weighted by Gasteiger charge is -2.31. The van der Waals surface area contributed by atoms with Crippen molar-refractivity contribution in [3.8, 4) is 0 Å². The summed E-state index contributed by atoms with van der Waals surface area (Å²) in [6.45, 7) is 2.97. The Hall–Kier alpha value is -2.66. The quantitative estimate of drug-likeness (QED) is 0.673. The highest BCUT2D eigenvalue weighted by atomic mass is 16.1. The number of hydrogen-bond acceptors (Lipinski definition) is 3. The number of nitrogens with zero attached hydrogens (tertiary/aromatic N) is 1. The second-order valence-electron chi connectivity index (χ2n) is 6.96. The number of nitrogens with one attached hydrogen (secondary N) is 2. The molecule has 1 aliphatic heterocycles. The number of para-hydroxylation sites is 1. The number of amides is 1. The fourth-order valence-corrected chi connectivity index (χ4v) is 3.68. The van der Waals surface area contributed by atoms with Crippen LogP contribution in [0.4, 0.5) is 0 Å². The molecule has 2 aromatic carbocycles. The summed E-state index contributed by atoms with van der Waals surface area (Å²) in [6, 6.07) is 14.1. The average Bonchev–Trinajstić information content (AvgIpc) is 3.04. The molecule has 3 aromatic rings. The van der Waals surface area contributed by atoms with E-state index in [1.807, 2.05) is 12.1 Å². The normalized spacial score (nSPS) is 20.7. The lowest BCUT2D eigenvalue weighted by Crippen LogP contribution is -2.41. The molecule has 1 amide bonds. The zero-order valence-corrected chi connectivity index (χ0v) is 14.3. The summed E-state index contributed by atoms with van der Waals surface area (Å²) in [4.78, 5) is 19.8. The lowest BCUT2D eigenvalue weighted by atomic mass is 9.89. The number of hydrogen-bond donors (Lipinski definition) is 3. The molecule has 0 fully saturated rings. The SMILES string of the molecule is CC1(c2nc3c(C(N)=O)cccc3[nH]2)CCCc2ccccc2CN1. The van der Waals surface area contributed by atoms with Crippen molar-refractivity contribution in [1.82, 2.24) is 15.3 Å². The maximum atomic E-state index is 11.7. The van der Waals surface area contributed by atoms with E-state index in [1.54, 1.807) is 6.07 Å². The van der Waals surface area contributed by atoms with Crippen LogP contribution in [0.25, 0.3) is 11.0 Å². The van der Waals surface area contributed by atoms with E-state index in [0.29, 0.717) is 11.1 Å². The van der Waals surface area contributed by atoms with Crippen molar-refractivity contribution < 1.29 is 4.79 Å². The van der Waals surface area contributed by atoms with Crippen molar-refractivity contribution in [1.29, 1.82) is 0 Å². The molecule has 128 valence electrons. The number of nitrogens with two attached hydrogens (primary N) is 1. The summed E-state index contributed by atoms with van der Waals surface area (Å²) in [5.41, 5.74) is 9.92. The molecule has 2 heterocycles. The fraction of sp³-hybridized carbons (Fsp3) is 0.300. The van der Waals surface area contributed by atoms with E-state index in [1.165, 1.54) is 11.1 Å². The van der Waals surface area contributed by atoms with Crippen LogP contribution in [0.3, 0.4) is 0 Å². The van der Waals surface area contributed by atoms with Crippen molar-refractivity contribution in [3.05, 3.63) is 65.0 Å². The van der Waals surface area contributed by atoms with Crippen molar-refractivity contribution in [2.45, 2.75) is 38.3 Å². The minimum atomic E-state index is -0.451. The molecule has 1 atom stereocenters. The number of benzene rings is 2. The Morgan fingerprint density at radius 1 is 1.16 bits per heavy atom. The predicted octanol–water partition coefficient (Wildman–Crippen LogP) is 3.00. The maximum absolute atomic E-state index is 11.7. The Kier molecular flexibility index (Phi) is 3.81. The van der Waals surface area contributed by atoms with E-state index in [9.17, 15) is 4.79 Å². The molecule has 0 radical (unpaired) electrons. The van der Waals surface area contributed by atoms with Gasteiger partial charge in [-0.3, -0.25) is 4.79 Å². The van der Waals surface area contributed by atoms with Gasteiger partial charge in [0.1, 0.15) is 11.3 Å². The number of rotatable bonds is 2. The first-order chi connectivity index (χ1) is 12.1. The van der Waals surface area contributed by atoms with Crippen LogP contribution in [0.1, 0.15) is 47.1 Å². The number of aromatic amines is 1. The number of imidazole rings is 1.